The molecule has 0 aromatic heterocycles. The Labute approximate surface area is 234 Å². The fourth-order valence-corrected chi connectivity index (χ4v) is 5.14. The summed E-state index contributed by atoms with van der Waals surface area (Å²) in [7, 11) is 1.50. The molecule has 6 rings (SSSR count). The second kappa shape index (κ2) is 13.0. The first-order valence-electron chi connectivity index (χ1n) is 13.1. The van der Waals surface area contributed by atoms with Crippen LogP contribution in [0.1, 0.15) is 35.2 Å². The van der Waals surface area contributed by atoms with E-state index in [1.54, 1.807) is 18.2 Å². The lowest BCUT2D eigenvalue weighted by atomic mass is 9.94. The molecule has 2 aromatic rings. The molecular weight excluding hydrogens is 524 g/mol. The third-order valence-corrected chi connectivity index (χ3v) is 7.34. The molecule has 4 bridgehead atoms. The van der Waals surface area contributed by atoms with Gasteiger partial charge in [0.2, 0.25) is 5.91 Å². The zero-order valence-electron chi connectivity index (χ0n) is 21.9. The van der Waals surface area contributed by atoms with E-state index in [1.165, 1.54) is 7.11 Å². The van der Waals surface area contributed by atoms with E-state index in [0.29, 0.717) is 54.8 Å². The summed E-state index contributed by atoms with van der Waals surface area (Å²) < 4.78 is 17.3. The Morgan fingerprint density at radius 1 is 1.08 bits per heavy atom. The van der Waals surface area contributed by atoms with E-state index in [0.717, 1.165) is 31.5 Å². The van der Waals surface area contributed by atoms with E-state index < -0.39 is 12.1 Å². The second-order valence-electron chi connectivity index (χ2n) is 10.0. The van der Waals surface area contributed by atoms with Crippen LogP contribution < -0.4 is 30.2 Å². The first kappa shape index (κ1) is 28.5. The second-order valence-corrected chi connectivity index (χ2v) is 10.0. The maximum atomic E-state index is 13.3. The normalized spacial score (nSPS) is 21.8. The van der Waals surface area contributed by atoms with Crippen LogP contribution in [0.15, 0.2) is 42.5 Å². The molecule has 4 heterocycles. The minimum absolute atomic E-state index is 0. The summed E-state index contributed by atoms with van der Waals surface area (Å²) in [6.07, 6.45) is 2.09. The third-order valence-electron chi connectivity index (χ3n) is 7.34. The van der Waals surface area contributed by atoms with Gasteiger partial charge < -0.3 is 35.1 Å². The standard InChI is InChI=1S/C28H34N4O6.ClH/c1-36-23-7-4-20-13-24(23)37-17-26(33)30-14-19-2-5-21(6-3-19)38-25-16-32(15-22(25)31-28(20)35)27(34)12-18-8-10-29-11-9-18;/h2-7,13,18,22,25,29H,8-12,14-17H2,1H3,(H,30,33)(H,31,35);1H/t22-,25-;/m0./s1. The van der Waals surface area contributed by atoms with Crippen LogP contribution in [0.25, 0.3) is 0 Å². The molecule has 2 fully saturated rings. The zero-order valence-corrected chi connectivity index (χ0v) is 22.8. The summed E-state index contributed by atoms with van der Waals surface area (Å²) in [6, 6.07) is 11.9. The first-order chi connectivity index (χ1) is 18.5. The lowest BCUT2D eigenvalue weighted by Gasteiger charge is -2.24. The Morgan fingerprint density at radius 2 is 1.85 bits per heavy atom. The van der Waals surface area contributed by atoms with Gasteiger partial charge in [-0.1, -0.05) is 12.1 Å². The number of amides is 3. The number of methoxy groups -OCH3 is 1. The summed E-state index contributed by atoms with van der Waals surface area (Å²) in [5.41, 5.74) is 1.26. The van der Waals surface area contributed by atoms with Crippen molar-refractivity contribution in [1.29, 1.82) is 0 Å². The molecule has 2 aromatic carbocycles. The number of fused-ring (bicyclic) bond motifs is 7. The molecule has 0 saturated carbocycles. The van der Waals surface area contributed by atoms with E-state index in [1.807, 2.05) is 29.2 Å². The number of ether oxygens (including phenoxy) is 3. The lowest BCUT2D eigenvalue weighted by molar-refractivity contribution is -0.131. The fourth-order valence-electron chi connectivity index (χ4n) is 5.14. The van der Waals surface area contributed by atoms with Crippen molar-refractivity contribution < 1.29 is 28.6 Å². The van der Waals surface area contributed by atoms with Crippen LogP contribution in [-0.2, 0) is 16.1 Å². The van der Waals surface area contributed by atoms with Gasteiger partial charge in [-0.25, -0.2) is 0 Å². The molecule has 4 aliphatic heterocycles. The van der Waals surface area contributed by atoms with Gasteiger partial charge in [-0.05, 0) is 67.7 Å². The number of hydrogen-bond acceptors (Lipinski definition) is 7. The molecule has 0 unspecified atom stereocenters. The molecule has 210 valence electrons. The van der Waals surface area contributed by atoms with E-state index in [-0.39, 0.29) is 36.7 Å². The predicted octanol–water partition coefficient (Wildman–Crippen LogP) is 1.90. The molecule has 2 saturated heterocycles. The van der Waals surface area contributed by atoms with Gasteiger partial charge in [-0.15, -0.1) is 12.4 Å². The summed E-state index contributed by atoms with van der Waals surface area (Å²) >= 11 is 0. The van der Waals surface area contributed by atoms with E-state index in [9.17, 15) is 14.4 Å². The minimum atomic E-state index is -0.411. The van der Waals surface area contributed by atoms with E-state index in [4.69, 9.17) is 14.2 Å². The maximum absolute atomic E-state index is 13.3. The largest absolute Gasteiger partial charge is 0.493 e. The van der Waals surface area contributed by atoms with Gasteiger partial charge >= 0.3 is 0 Å². The topological polar surface area (TPSA) is 118 Å². The van der Waals surface area contributed by atoms with Gasteiger partial charge in [0.1, 0.15) is 11.9 Å². The smallest absolute Gasteiger partial charge is 0.258 e. The molecule has 2 atom stereocenters. The van der Waals surface area contributed by atoms with E-state index in [2.05, 4.69) is 16.0 Å². The molecule has 0 aliphatic carbocycles. The Kier molecular flexibility index (Phi) is 9.53. The van der Waals surface area contributed by atoms with Crippen LogP contribution in [-0.4, -0.2) is 74.7 Å². The predicted molar refractivity (Wildman–Crippen MR) is 146 cm³/mol. The average molecular weight is 559 g/mol. The monoisotopic (exact) mass is 558 g/mol. The third kappa shape index (κ3) is 7.13. The van der Waals surface area contributed by atoms with Crippen LogP contribution in [0, 0.1) is 5.92 Å². The highest BCUT2D eigenvalue weighted by atomic mass is 35.5. The number of nitrogens with zero attached hydrogens (tertiary/aromatic N) is 1. The number of likely N-dealkylation sites (tertiary alicyclic amines) is 1. The van der Waals surface area contributed by atoms with Gasteiger partial charge in [-0.2, -0.15) is 0 Å². The van der Waals surface area contributed by atoms with Crippen molar-refractivity contribution in [3.63, 3.8) is 0 Å². The Morgan fingerprint density at radius 3 is 2.59 bits per heavy atom. The summed E-state index contributed by atoms with van der Waals surface area (Å²) in [5, 5.41) is 9.23. The number of benzene rings is 2. The molecule has 10 nitrogen and oxygen atoms in total. The fraction of sp³-hybridized carbons (Fsp3) is 0.464. The van der Waals surface area contributed by atoms with E-state index >= 15 is 0 Å². The summed E-state index contributed by atoms with van der Waals surface area (Å²) in [4.78, 5) is 40.6. The minimum Gasteiger partial charge on any atom is -0.493 e. The zero-order chi connectivity index (χ0) is 26.5. The molecule has 11 heteroatoms. The van der Waals surface area contributed by atoms with Gasteiger partial charge in [0.15, 0.2) is 18.1 Å². The van der Waals surface area contributed by atoms with Crippen molar-refractivity contribution in [3.8, 4) is 17.2 Å². The van der Waals surface area contributed by atoms with Crippen molar-refractivity contribution in [3.05, 3.63) is 53.6 Å². The first-order valence-corrected chi connectivity index (χ1v) is 13.1. The van der Waals surface area contributed by atoms with Gasteiger partial charge in [0.25, 0.3) is 11.8 Å². The molecule has 3 amide bonds. The average Bonchev–Trinajstić information content (AvgIpc) is 3.33. The molecule has 39 heavy (non-hydrogen) atoms. The number of carbonyl (C=O) groups is 3. The van der Waals surface area contributed by atoms with Crippen LogP contribution in [0.5, 0.6) is 17.2 Å². The van der Waals surface area contributed by atoms with Crippen molar-refractivity contribution in [2.45, 2.75) is 38.0 Å². The number of nitrogens with one attached hydrogen (secondary N) is 3. The van der Waals surface area contributed by atoms with Crippen LogP contribution >= 0.6 is 12.4 Å². The SMILES string of the molecule is COc1ccc2cc1OCC(=O)NCc1ccc(cc1)O[C@H]1CN(C(=O)CC3CCNCC3)C[C@@H]1NC2=O.Cl. The highest BCUT2D eigenvalue weighted by molar-refractivity contribution is 5.95. The lowest BCUT2D eigenvalue weighted by Crippen LogP contribution is -2.45. The molecular formula is C28H35ClN4O6. The molecule has 0 spiro atoms. The Hall–Kier alpha value is -3.50. The van der Waals surface area contributed by atoms with Crippen molar-refractivity contribution in [2.24, 2.45) is 5.92 Å². The van der Waals surface area contributed by atoms with Crippen molar-refractivity contribution in [2.75, 3.05) is 39.9 Å². The highest BCUT2D eigenvalue weighted by Crippen LogP contribution is 2.29. The molecule has 0 radical (unpaired) electrons. The van der Waals surface area contributed by atoms with Crippen LogP contribution in [0.4, 0.5) is 0 Å². The van der Waals surface area contributed by atoms with Gasteiger partial charge in [0, 0.05) is 25.1 Å². The quantitative estimate of drug-likeness (QED) is 0.526. The Bertz CT molecular complexity index is 1170. The van der Waals surface area contributed by atoms with Gasteiger partial charge in [0.05, 0.1) is 19.7 Å². The number of rotatable bonds is 3. The van der Waals surface area contributed by atoms with Crippen molar-refractivity contribution >= 4 is 30.1 Å². The highest BCUT2D eigenvalue weighted by Gasteiger charge is 2.38. The number of hydrogen-bond donors (Lipinski definition) is 3. The summed E-state index contributed by atoms with van der Waals surface area (Å²) in [5.74, 6) is 1.19. The van der Waals surface area contributed by atoms with Gasteiger partial charge in [-0.3, -0.25) is 14.4 Å². The Balaban J connectivity index is 0.00000353. The maximum Gasteiger partial charge on any atom is 0.258 e. The number of carbonyl (C=O) groups excluding carboxylic acids is 3. The molecule has 4 aliphatic rings. The number of halogens is 1. The van der Waals surface area contributed by atoms with Crippen LogP contribution in [0.3, 0.4) is 0 Å². The van der Waals surface area contributed by atoms with Crippen molar-refractivity contribution in [1.82, 2.24) is 20.9 Å². The van der Waals surface area contributed by atoms with Crippen LogP contribution in [0.2, 0.25) is 0 Å². The molecule has 3 N–H and O–H groups in total. The summed E-state index contributed by atoms with van der Waals surface area (Å²) in [6.45, 7) is 2.76. The number of piperidine rings is 1.